The van der Waals surface area contributed by atoms with E-state index in [1.54, 1.807) is 0 Å². The summed E-state index contributed by atoms with van der Waals surface area (Å²) in [6.07, 6.45) is 3.31. The molecule has 2 heterocycles. The molecule has 0 spiro atoms. The number of rotatable bonds is 4. The lowest BCUT2D eigenvalue weighted by Gasteiger charge is -2.23. The minimum atomic E-state index is 0.0715. The third-order valence-electron chi connectivity index (χ3n) is 3.60. The topological polar surface area (TPSA) is 65.1 Å². The van der Waals surface area contributed by atoms with E-state index in [-0.39, 0.29) is 12.1 Å². The second kappa shape index (κ2) is 5.57. The molecule has 102 valence electrons. The van der Waals surface area contributed by atoms with E-state index < -0.39 is 0 Å². The van der Waals surface area contributed by atoms with Crippen LogP contribution in [-0.2, 0) is 18.2 Å². The second-order valence-corrected chi connectivity index (χ2v) is 5.39. The van der Waals surface area contributed by atoms with Gasteiger partial charge >= 0.3 is 0 Å². The molecule has 0 amide bonds. The number of nitrogens with one attached hydrogen (secondary N) is 1. The fourth-order valence-corrected chi connectivity index (χ4v) is 2.77. The molecule has 1 aromatic rings. The van der Waals surface area contributed by atoms with E-state index in [0.717, 1.165) is 35.7 Å². The van der Waals surface area contributed by atoms with Gasteiger partial charge in [-0.1, -0.05) is 11.6 Å². The van der Waals surface area contributed by atoms with Crippen molar-refractivity contribution in [3.05, 3.63) is 16.4 Å². The maximum absolute atomic E-state index is 6.26. The highest BCUT2D eigenvalue weighted by Crippen LogP contribution is 2.26. The zero-order valence-corrected chi connectivity index (χ0v) is 11.9. The van der Waals surface area contributed by atoms with Crippen molar-refractivity contribution in [2.24, 2.45) is 12.9 Å². The van der Waals surface area contributed by atoms with Crippen LogP contribution < -0.4 is 11.3 Å². The zero-order chi connectivity index (χ0) is 13.3. The van der Waals surface area contributed by atoms with E-state index >= 15 is 0 Å². The molecular weight excluding hydrogens is 252 g/mol. The van der Waals surface area contributed by atoms with Crippen LogP contribution >= 0.6 is 11.6 Å². The summed E-state index contributed by atoms with van der Waals surface area (Å²) in [6, 6.07) is 0.0715. The Morgan fingerprint density at radius 3 is 2.78 bits per heavy atom. The molecule has 1 aliphatic rings. The lowest BCUT2D eigenvalue weighted by Crippen LogP contribution is -2.45. The first-order chi connectivity index (χ1) is 8.52. The minimum Gasteiger partial charge on any atom is -0.374 e. The maximum Gasteiger partial charge on any atom is 0.0847 e. The Morgan fingerprint density at radius 1 is 1.61 bits per heavy atom. The summed E-state index contributed by atoms with van der Waals surface area (Å²) in [5.41, 5.74) is 4.70. The van der Waals surface area contributed by atoms with Gasteiger partial charge in [0, 0.05) is 13.5 Å². The molecule has 18 heavy (non-hydrogen) atoms. The van der Waals surface area contributed by atoms with E-state index in [4.69, 9.17) is 22.2 Å². The molecule has 3 atom stereocenters. The zero-order valence-electron chi connectivity index (χ0n) is 11.1. The number of aryl methyl sites for hydroxylation is 2. The Bertz CT molecular complexity index is 420. The molecule has 1 aliphatic heterocycles. The van der Waals surface area contributed by atoms with Crippen molar-refractivity contribution in [1.29, 1.82) is 0 Å². The molecule has 1 aromatic heterocycles. The quantitative estimate of drug-likeness (QED) is 0.641. The number of hydrogen-bond donors (Lipinski definition) is 2. The predicted octanol–water partition coefficient (Wildman–Crippen LogP) is 1.32. The molecule has 0 aromatic carbocycles. The number of hydrazine groups is 1. The number of halogens is 1. The van der Waals surface area contributed by atoms with Crippen molar-refractivity contribution >= 4 is 11.6 Å². The van der Waals surface area contributed by atoms with Crippen LogP contribution in [0.3, 0.4) is 0 Å². The third-order valence-corrected chi connectivity index (χ3v) is 4.09. The smallest absolute Gasteiger partial charge is 0.0847 e. The molecular formula is C12H21ClN4O. The average molecular weight is 273 g/mol. The molecule has 3 N–H and O–H groups in total. The van der Waals surface area contributed by atoms with Crippen molar-refractivity contribution in [1.82, 2.24) is 15.2 Å². The second-order valence-electron chi connectivity index (χ2n) is 5.01. The standard InChI is InChI=1S/C12H21ClN4O/c1-7-4-5-11(18-7)9(15-14)6-10-12(13)8(2)16-17(10)3/h7,9,11,15H,4-6,14H2,1-3H3. The molecule has 5 nitrogen and oxygen atoms in total. The highest BCUT2D eigenvalue weighted by atomic mass is 35.5. The van der Waals surface area contributed by atoms with Gasteiger partial charge in [-0.2, -0.15) is 5.10 Å². The van der Waals surface area contributed by atoms with E-state index in [2.05, 4.69) is 17.4 Å². The lowest BCUT2D eigenvalue weighted by atomic mass is 10.0. The van der Waals surface area contributed by atoms with Crippen molar-refractivity contribution in [3.8, 4) is 0 Å². The predicted molar refractivity (Wildman–Crippen MR) is 71.3 cm³/mol. The van der Waals surface area contributed by atoms with Crippen LogP contribution in [-0.4, -0.2) is 28.0 Å². The Balaban J connectivity index is 2.10. The molecule has 0 bridgehead atoms. The largest absolute Gasteiger partial charge is 0.374 e. The molecule has 2 rings (SSSR count). The van der Waals surface area contributed by atoms with Gasteiger partial charge in [0.05, 0.1) is 34.7 Å². The van der Waals surface area contributed by atoms with Crippen LogP contribution in [0.4, 0.5) is 0 Å². The minimum absolute atomic E-state index is 0.0715. The van der Waals surface area contributed by atoms with Gasteiger partial charge in [-0.05, 0) is 26.7 Å². The van der Waals surface area contributed by atoms with Gasteiger partial charge in [0.2, 0.25) is 0 Å². The SMILES string of the molecule is Cc1nn(C)c(CC(NN)C2CCC(C)O2)c1Cl. The summed E-state index contributed by atoms with van der Waals surface area (Å²) < 4.78 is 7.68. The summed E-state index contributed by atoms with van der Waals surface area (Å²) in [5, 5.41) is 5.04. The average Bonchev–Trinajstić information content (AvgIpc) is 2.84. The number of nitrogens with zero attached hydrogens (tertiary/aromatic N) is 2. The fraction of sp³-hybridized carbons (Fsp3) is 0.750. The first-order valence-electron chi connectivity index (χ1n) is 6.32. The third kappa shape index (κ3) is 2.69. The van der Waals surface area contributed by atoms with Crippen molar-refractivity contribution < 1.29 is 4.74 Å². The van der Waals surface area contributed by atoms with Crippen LogP contribution in [0.25, 0.3) is 0 Å². The summed E-state index contributed by atoms with van der Waals surface area (Å²) in [5.74, 6) is 5.65. The van der Waals surface area contributed by atoms with Crippen LogP contribution in [0.5, 0.6) is 0 Å². The van der Waals surface area contributed by atoms with Gasteiger partial charge in [-0.25, -0.2) is 0 Å². The van der Waals surface area contributed by atoms with Gasteiger partial charge < -0.3 is 4.74 Å². The summed E-state index contributed by atoms with van der Waals surface area (Å²) in [4.78, 5) is 0. The van der Waals surface area contributed by atoms with Gasteiger partial charge in [0.25, 0.3) is 0 Å². The fourth-order valence-electron chi connectivity index (χ4n) is 2.54. The number of hydrogen-bond acceptors (Lipinski definition) is 4. The first kappa shape index (κ1) is 13.8. The molecule has 0 aliphatic carbocycles. The van der Waals surface area contributed by atoms with Crippen molar-refractivity contribution in [3.63, 3.8) is 0 Å². The van der Waals surface area contributed by atoms with Gasteiger partial charge in [0.15, 0.2) is 0 Å². The van der Waals surface area contributed by atoms with E-state index in [1.165, 1.54) is 0 Å². The lowest BCUT2D eigenvalue weighted by molar-refractivity contribution is 0.0317. The van der Waals surface area contributed by atoms with Gasteiger partial charge in [-0.3, -0.25) is 16.0 Å². The first-order valence-corrected chi connectivity index (χ1v) is 6.70. The monoisotopic (exact) mass is 272 g/mol. The molecule has 1 fully saturated rings. The maximum atomic E-state index is 6.26. The Hall–Kier alpha value is -0.620. The number of aromatic nitrogens is 2. The Kier molecular flexibility index (Phi) is 4.27. The molecule has 1 saturated heterocycles. The van der Waals surface area contributed by atoms with Crippen LogP contribution in [0.15, 0.2) is 0 Å². The van der Waals surface area contributed by atoms with Crippen LogP contribution in [0.2, 0.25) is 5.02 Å². The number of ether oxygens (including phenoxy) is 1. The van der Waals surface area contributed by atoms with Crippen molar-refractivity contribution in [2.45, 2.75) is 51.4 Å². The number of nitrogens with two attached hydrogens (primary N) is 1. The van der Waals surface area contributed by atoms with Crippen molar-refractivity contribution in [2.75, 3.05) is 0 Å². The van der Waals surface area contributed by atoms with Gasteiger partial charge in [0.1, 0.15) is 0 Å². The molecule has 0 saturated carbocycles. The van der Waals surface area contributed by atoms with E-state index in [9.17, 15) is 0 Å². The van der Waals surface area contributed by atoms with Gasteiger partial charge in [-0.15, -0.1) is 0 Å². The highest BCUT2D eigenvalue weighted by molar-refractivity contribution is 6.31. The Labute approximate surface area is 113 Å². The highest BCUT2D eigenvalue weighted by Gasteiger charge is 2.30. The van der Waals surface area contributed by atoms with E-state index in [0.29, 0.717) is 6.10 Å². The van der Waals surface area contributed by atoms with Crippen LogP contribution in [0, 0.1) is 6.92 Å². The van der Waals surface area contributed by atoms with Crippen LogP contribution in [0.1, 0.15) is 31.2 Å². The summed E-state index contributed by atoms with van der Waals surface area (Å²) in [6.45, 7) is 4.00. The molecule has 3 unspecified atom stereocenters. The summed E-state index contributed by atoms with van der Waals surface area (Å²) in [7, 11) is 1.90. The molecule has 0 radical (unpaired) electrons. The Morgan fingerprint density at radius 2 is 2.33 bits per heavy atom. The summed E-state index contributed by atoms with van der Waals surface area (Å²) >= 11 is 6.26. The molecule has 6 heteroatoms. The van der Waals surface area contributed by atoms with E-state index in [1.807, 2.05) is 18.7 Å². The normalized spacial score (nSPS) is 25.6.